The molecule has 0 aliphatic heterocycles. The van der Waals surface area contributed by atoms with E-state index in [2.05, 4.69) is 13.8 Å². The van der Waals surface area contributed by atoms with Crippen LogP contribution in [0.4, 0.5) is 0 Å². The molecular weight excluding hydrogens is 568 g/mol. The molecule has 0 heterocycles. The van der Waals surface area contributed by atoms with Crippen molar-refractivity contribution in [3.63, 3.8) is 0 Å². The third kappa shape index (κ3) is 35.1. The predicted molar refractivity (Wildman–Crippen MR) is 184 cm³/mol. The highest BCUT2D eigenvalue weighted by atomic mass is 16.7. The van der Waals surface area contributed by atoms with Gasteiger partial charge in [-0.3, -0.25) is 14.4 Å². The summed E-state index contributed by atoms with van der Waals surface area (Å²) >= 11 is 0. The Balaban J connectivity index is 3.89. The maximum Gasteiger partial charge on any atom is 0.305 e. The Morgan fingerprint density at radius 1 is 0.422 bits per heavy atom. The van der Waals surface area contributed by atoms with Crippen LogP contribution in [0.1, 0.15) is 201 Å². The van der Waals surface area contributed by atoms with E-state index >= 15 is 0 Å². The van der Waals surface area contributed by atoms with Gasteiger partial charge in [0.15, 0.2) is 6.79 Å². The Labute approximate surface area is 277 Å². The molecule has 0 rings (SSSR count). The summed E-state index contributed by atoms with van der Waals surface area (Å²) < 4.78 is 21.1. The summed E-state index contributed by atoms with van der Waals surface area (Å²) in [4.78, 5) is 35.6. The maximum atomic E-state index is 12.2. The Morgan fingerprint density at radius 3 is 1.00 bits per heavy atom. The molecule has 0 atom stereocenters. The Bertz CT molecular complexity index is 620. The number of rotatable bonds is 35. The number of carbonyl (C=O) groups is 3. The standard InChI is InChI=1S/C38H72O7/c1-4-6-8-10-12-14-16-18-20-22-24-26-28-30-37(40)42-32-36(45-34-44-35(3)39)33-43-38(41)31-29-27-25-23-21-19-17-15-13-11-9-7-5-2/h36H,4-34H2,1-3H3. The second kappa shape index (κ2) is 35.2. The van der Waals surface area contributed by atoms with Crippen molar-refractivity contribution < 1.29 is 33.3 Å². The van der Waals surface area contributed by atoms with Gasteiger partial charge in [0.25, 0.3) is 0 Å². The van der Waals surface area contributed by atoms with Crippen molar-refractivity contribution in [2.75, 3.05) is 20.0 Å². The van der Waals surface area contributed by atoms with E-state index in [1.165, 1.54) is 135 Å². The molecule has 0 aromatic rings. The van der Waals surface area contributed by atoms with Crippen molar-refractivity contribution in [1.82, 2.24) is 0 Å². The molecule has 0 saturated heterocycles. The Kier molecular flexibility index (Phi) is 34.0. The van der Waals surface area contributed by atoms with Crippen LogP contribution in [-0.2, 0) is 33.3 Å². The molecule has 0 radical (unpaired) electrons. The van der Waals surface area contributed by atoms with Gasteiger partial charge in [0.2, 0.25) is 0 Å². The summed E-state index contributed by atoms with van der Waals surface area (Å²) in [5, 5.41) is 0. The number of hydrogen-bond donors (Lipinski definition) is 0. The van der Waals surface area contributed by atoms with Gasteiger partial charge in [-0.15, -0.1) is 0 Å². The first-order chi connectivity index (χ1) is 22.0. The van der Waals surface area contributed by atoms with Gasteiger partial charge in [0.1, 0.15) is 19.3 Å². The van der Waals surface area contributed by atoms with Gasteiger partial charge in [0.05, 0.1) is 0 Å². The highest BCUT2D eigenvalue weighted by Crippen LogP contribution is 2.15. The normalized spacial score (nSPS) is 11.2. The minimum Gasteiger partial charge on any atom is -0.463 e. The fourth-order valence-corrected chi connectivity index (χ4v) is 5.45. The lowest BCUT2D eigenvalue weighted by Gasteiger charge is -2.18. The Hall–Kier alpha value is -1.63. The molecule has 0 aromatic heterocycles. The SMILES string of the molecule is CCCCCCCCCCCCCCCC(=O)OCC(COC(=O)CCCCCCCCCCCCCCC)OCOC(C)=O. The molecule has 0 bridgehead atoms. The second-order valence-corrected chi connectivity index (χ2v) is 12.9. The molecule has 0 aromatic carbocycles. The maximum absolute atomic E-state index is 12.2. The second-order valence-electron chi connectivity index (χ2n) is 12.9. The molecule has 0 aliphatic rings. The highest BCUT2D eigenvalue weighted by molar-refractivity contribution is 5.69. The van der Waals surface area contributed by atoms with Crippen molar-refractivity contribution in [1.29, 1.82) is 0 Å². The number of unbranched alkanes of at least 4 members (excludes halogenated alkanes) is 24. The van der Waals surface area contributed by atoms with E-state index in [-0.39, 0.29) is 31.9 Å². The van der Waals surface area contributed by atoms with Crippen molar-refractivity contribution in [2.24, 2.45) is 0 Å². The van der Waals surface area contributed by atoms with Gasteiger partial charge in [0, 0.05) is 19.8 Å². The first-order valence-electron chi connectivity index (χ1n) is 19.1. The number of hydrogen-bond acceptors (Lipinski definition) is 7. The lowest BCUT2D eigenvalue weighted by atomic mass is 10.0. The van der Waals surface area contributed by atoms with Gasteiger partial charge < -0.3 is 18.9 Å². The van der Waals surface area contributed by atoms with Crippen molar-refractivity contribution in [3.8, 4) is 0 Å². The van der Waals surface area contributed by atoms with Crippen LogP contribution >= 0.6 is 0 Å². The minimum atomic E-state index is -0.671. The topological polar surface area (TPSA) is 88.1 Å². The van der Waals surface area contributed by atoms with E-state index < -0.39 is 12.1 Å². The van der Waals surface area contributed by atoms with Gasteiger partial charge in [-0.1, -0.05) is 168 Å². The molecule has 7 nitrogen and oxygen atoms in total. The first kappa shape index (κ1) is 43.4. The molecule has 0 saturated carbocycles. The average molecular weight is 641 g/mol. The monoisotopic (exact) mass is 641 g/mol. The largest absolute Gasteiger partial charge is 0.463 e. The van der Waals surface area contributed by atoms with Gasteiger partial charge in [-0.2, -0.15) is 0 Å². The number of carbonyl (C=O) groups excluding carboxylic acids is 3. The quantitative estimate of drug-likeness (QED) is 0.0295. The van der Waals surface area contributed by atoms with E-state index in [1.807, 2.05) is 0 Å². The van der Waals surface area contributed by atoms with Gasteiger partial charge in [-0.05, 0) is 12.8 Å². The van der Waals surface area contributed by atoms with E-state index in [0.717, 1.165) is 38.5 Å². The van der Waals surface area contributed by atoms with E-state index in [9.17, 15) is 14.4 Å². The molecule has 45 heavy (non-hydrogen) atoms. The van der Waals surface area contributed by atoms with Crippen LogP contribution in [0.25, 0.3) is 0 Å². The lowest BCUT2D eigenvalue weighted by Crippen LogP contribution is -2.29. The molecule has 0 aliphatic carbocycles. The number of esters is 3. The van der Waals surface area contributed by atoms with Crippen LogP contribution in [0.2, 0.25) is 0 Å². The third-order valence-corrected chi connectivity index (χ3v) is 8.40. The number of ether oxygens (including phenoxy) is 4. The smallest absolute Gasteiger partial charge is 0.305 e. The summed E-state index contributed by atoms with van der Waals surface area (Å²) in [6.45, 7) is 5.46. The van der Waals surface area contributed by atoms with Crippen LogP contribution in [0.5, 0.6) is 0 Å². The van der Waals surface area contributed by atoms with E-state index in [1.54, 1.807) is 0 Å². The molecule has 0 N–H and O–H groups in total. The zero-order chi connectivity index (χ0) is 33.1. The van der Waals surface area contributed by atoms with Crippen molar-refractivity contribution >= 4 is 17.9 Å². The van der Waals surface area contributed by atoms with Crippen LogP contribution in [0.3, 0.4) is 0 Å². The highest BCUT2D eigenvalue weighted by Gasteiger charge is 2.16. The van der Waals surface area contributed by atoms with Crippen LogP contribution in [0.15, 0.2) is 0 Å². The van der Waals surface area contributed by atoms with Crippen LogP contribution < -0.4 is 0 Å². The summed E-state index contributed by atoms with van der Waals surface area (Å²) in [6, 6.07) is 0. The van der Waals surface area contributed by atoms with E-state index in [4.69, 9.17) is 18.9 Å². The molecule has 0 amide bonds. The fourth-order valence-electron chi connectivity index (χ4n) is 5.45. The Morgan fingerprint density at radius 2 is 0.711 bits per heavy atom. The molecular formula is C38H72O7. The molecule has 266 valence electrons. The van der Waals surface area contributed by atoms with Crippen LogP contribution in [-0.4, -0.2) is 44.0 Å². The van der Waals surface area contributed by atoms with E-state index in [0.29, 0.717) is 12.8 Å². The fraction of sp³-hybridized carbons (Fsp3) is 0.921. The summed E-state index contributed by atoms with van der Waals surface area (Å²) in [5.41, 5.74) is 0. The predicted octanol–water partition coefficient (Wildman–Crippen LogP) is 10.9. The summed E-state index contributed by atoms with van der Waals surface area (Å²) in [6.07, 6.45) is 32.7. The van der Waals surface area contributed by atoms with Gasteiger partial charge >= 0.3 is 17.9 Å². The first-order valence-corrected chi connectivity index (χ1v) is 19.1. The summed E-state index contributed by atoms with van der Waals surface area (Å²) in [7, 11) is 0. The summed E-state index contributed by atoms with van der Waals surface area (Å²) in [5.74, 6) is -1.03. The molecule has 0 spiro atoms. The van der Waals surface area contributed by atoms with Crippen molar-refractivity contribution in [2.45, 2.75) is 207 Å². The molecule has 0 fully saturated rings. The zero-order valence-corrected chi connectivity index (χ0v) is 29.9. The van der Waals surface area contributed by atoms with Crippen LogP contribution in [0, 0.1) is 0 Å². The van der Waals surface area contributed by atoms with Gasteiger partial charge in [-0.25, -0.2) is 0 Å². The molecule has 0 unspecified atom stereocenters. The van der Waals surface area contributed by atoms with Crippen molar-refractivity contribution in [3.05, 3.63) is 0 Å². The third-order valence-electron chi connectivity index (χ3n) is 8.40. The minimum absolute atomic E-state index is 0.0371. The average Bonchev–Trinajstić information content (AvgIpc) is 3.02. The lowest BCUT2D eigenvalue weighted by molar-refractivity contribution is -0.174. The zero-order valence-electron chi connectivity index (χ0n) is 29.9. The molecule has 7 heteroatoms.